The number of aromatic nitrogens is 3. The van der Waals surface area contributed by atoms with Crippen LogP contribution in [-0.2, 0) is 17.8 Å². The van der Waals surface area contributed by atoms with E-state index < -0.39 is 0 Å². The summed E-state index contributed by atoms with van der Waals surface area (Å²) in [6.07, 6.45) is 1.74. The van der Waals surface area contributed by atoms with E-state index in [-0.39, 0.29) is 0 Å². The molecule has 21 heavy (non-hydrogen) atoms. The lowest BCUT2D eigenvalue weighted by atomic mass is 10.2. The van der Waals surface area contributed by atoms with E-state index in [2.05, 4.69) is 31.3 Å². The van der Waals surface area contributed by atoms with Crippen LogP contribution in [0.15, 0.2) is 29.0 Å². The van der Waals surface area contributed by atoms with Gasteiger partial charge in [0.15, 0.2) is 5.82 Å². The maximum Gasteiger partial charge on any atom is 0.164 e. The van der Waals surface area contributed by atoms with Crippen LogP contribution in [0.1, 0.15) is 11.4 Å². The first-order chi connectivity index (χ1) is 10.2. The second kappa shape index (κ2) is 8.11. The van der Waals surface area contributed by atoms with Gasteiger partial charge in [0.05, 0.1) is 31.3 Å². The molecule has 1 heterocycles. The smallest absolute Gasteiger partial charge is 0.164 e. The number of benzene rings is 1. The third-order valence-corrected chi connectivity index (χ3v) is 3.53. The van der Waals surface area contributed by atoms with E-state index in [1.54, 1.807) is 20.5 Å². The SMILES string of the molecule is COCCNCc1ncn(Cc2ccc(OC)c(Br)c2)n1. The van der Waals surface area contributed by atoms with Crippen molar-refractivity contribution < 1.29 is 9.47 Å². The third-order valence-electron chi connectivity index (χ3n) is 2.91. The maximum atomic E-state index is 5.22. The Kier molecular flexibility index (Phi) is 6.16. The van der Waals surface area contributed by atoms with Gasteiger partial charge in [0.2, 0.25) is 0 Å². The zero-order chi connectivity index (χ0) is 15.1. The molecule has 6 nitrogen and oxygen atoms in total. The largest absolute Gasteiger partial charge is 0.496 e. The fourth-order valence-electron chi connectivity index (χ4n) is 1.86. The molecule has 0 spiro atoms. The topological polar surface area (TPSA) is 61.2 Å². The highest BCUT2D eigenvalue weighted by Gasteiger charge is 2.04. The zero-order valence-electron chi connectivity index (χ0n) is 12.2. The van der Waals surface area contributed by atoms with Crippen LogP contribution in [0.4, 0.5) is 0 Å². The van der Waals surface area contributed by atoms with Crippen molar-refractivity contribution in [1.29, 1.82) is 0 Å². The molecule has 0 atom stereocenters. The third kappa shape index (κ3) is 4.80. The van der Waals surface area contributed by atoms with Crippen molar-refractivity contribution >= 4 is 15.9 Å². The average Bonchev–Trinajstić information content (AvgIpc) is 2.91. The molecule has 0 bridgehead atoms. The lowest BCUT2D eigenvalue weighted by Crippen LogP contribution is -2.19. The molecule has 114 valence electrons. The molecule has 0 amide bonds. The van der Waals surface area contributed by atoms with Crippen LogP contribution in [-0.4, -0.2) is 42.1 Å². The van der Waals surface area contributed by atoms with Crippen LogP contribution in [0.25, 0.3) is 0 Å². The number of hydrogen-bond donors (Lipinski definition) is 1. The molecule has 7 heteroatoms. The van der Waals surface area contributed by atoms with Gasteiger partial charge in [-0.3, -0.25) is 0 Å². The summed E-state index contributed by atoms with van der Waals surface area (Å²) >= 11 is 3.48. The minimum absolute atomic E-state index is 0.642. The standard InChI is InChI=1S/C14H19BrN4O2/c1-20-6-5-16-8-14-17-10-19(18-14)9-11-3-4-13(21-2)12(15)7-11/h3-4,7,10,16H,5-6,8-9H2,1-2H3. The number of methoxy groups -OCH3 is 2. The van der Waals surface area contributed by atoms with Crippen molar-refractivity contribution in [1.82, 2.24) is 20.1 Å². The van der Waals surface area contributed by atoms with Gasteiger partial charge in [0.25, 0.3) is 0 Å². The summed E-state index contributed by atoms with van der Waals surface area (Å²) in [6.45, 7) is 2.79. The summed E-state index contributed by atoms with van der Waals surface area (Å²) < 4.78 is 12.9. The molecule has 0 aliphatic heterocycles. The number of nitrogens with one attached hydrogen (secondary N) is 1. The van der Waals surface area contributed by atoms with Gasteiger partial charge in [-0.1, -0.05) is 6.07 Å². The van der Waals surface area contributed by atoms with Gasteiger partial charge in [-0.05, 0) is 33.6 Å². The molecule has 0 fully saturated rings. The Labute approximate surface area is 132 Å². The molecular weight excluding hydrogens is 336 g/mol. The zero-order valence-corrected chi connectivity index (χ0v) is 13.8. The number of ether oxygens (including phenoxy) is 2. The van der Waals surface area contributed by atoms with Crippen molar-refractivity contribution in [2.24, 2.45) is 0 Å². The minimum atomic E-state index is 0.642. The molecule has 1 N–H and O–H groups in total. The molecular formula is C14H19BrN4O2. The molecule has 0 aliphatic carbocycles. The monoisotopic (exact) mass is 354 g/mol. The van der Waals surface area contributed by atoms with Crippen LogP contribution in [0, 0.1) is 0 Å². The molecule has 2 aromatic rings. The fraction of sp³-hybridized carbons (Fsp3) is 0.429. The van der Waals surface area contributed by atoms with Gasteiger partial charge in [0, 0.05) is 13.7 Å². The fourth-order valence-corrected chi connectivity index (χ4v) is 2.45. The summed E-state index contributed by atoms with van der Waals surface area (Å²) in [5.74, 6) is 1.60. The maximum absolute atomic E-state index is 5.22. The number of halogens is 1. The van der Waals surface area contributed by atoms with Crippen LogP contribution >= 0.6 is 15.9 Å². The first kappa shape index (κ1) is 15.9. The quantitative estimate of drug-likeness (QED) is 0.732. The highest BCUT2D eigenvalue weighted by molar-refractivity contribution is 9.10. The molecule has 1 aromatic carbocycles. The van der Waals surface area contributed by atoms with E-state index in [0.717, 1.165) is 28.2 Å². The van der Waals surface area contributed by atoms with Crippen molar-refractivity contribution in [2.75, 3.05) is 27.4 Å². The second-order valence-corrected chi connectivity index (χ2v) is 5.35. The molecule has 1 aromatic heterocycles. The van der Waals surface area contributed by atoms with Gasteiger partial charge in [0.1, 0.15) is 12.1 Å². The van der Waals surface area contributed by atoms with Gasteiger partial charge in [-0.15, -0.1) is 0 Å². The van der Waals surface area contributed by atoms with Crippen LogP contribution < -0.4 is 10.1 Å². The molecule has 0 saturated carbocycles. The second-order valence-electron chi connectivity index (χ2n) is 4.50. The van der Waals surface area contributed by atoms with E-state index in [9.17, 15) is 0 Å². The number of hydrogen-bond acceptors (Lipinski definition) is 5. The van der Waals surface area contributed by atoms with Crippen molar-refractivity contribution in [3.63, 3.8) is 0 Å². The van der Waals surface area contributed by atoms with Crippen LogP contribution in [0.2, 0.25) is 0 Å². The predicted molar refractivity (Wildman–Crippen MR) is 83.4 cm³/mol. The van der Waals surface area contributed by atoms with E-state index in [0.29, 0.717) is 19.7 Å². The Hall–Kier alpha value is -1.44. The van der Waals surface area contributed by atoms with Crippen molar-refractivity contribution in [3.05, 3.63) is 40.4 Å². The molecule has 0 radical (unpaired) electrons. The molecule has 0 saturated heterocycles. The Morgan fingerprint density at radius 2 is 2.19 bits per heavy atom. The van der Waals surface area contributed by atoms with Gasteiger partial charge >= 0.3 is 0 Å². The lowest BCUT2D eigenvalue weighted by molar-refractivity contribution is 0.199. The summed E-state index contributed by atoms with van der Waals surface area (Å²) in [4.78, 5) is 4.28. The van der Waals surface area contributed by atoms with Gasteiger partial charge in [-0.25, -0.2) is 9.67 Å². The highest BCUT2D eigenvalue weighted by atomic mass is 79.9. The normalized spacial score (nSPS) is 10.8. The average molecular weight is 355 g/mol. The van der Waals surface area contributed by atoms with E-state index >= 15 is 0 Å². The van der Waals surface area contributed by atoms with Crippen LogP contribution in [0.5, 0.6) is 5.75 Å². The highest BCUT2D eigenvalue weighted by Crippen LogP contribution is 2.25. The molecule has 0 aliphatic rings. The van der Waals surface area contributed by atoms with E-state index in [1.807, 2.05) is 22.9 Å². The first-order valence-electron chi connectivity index (χ1n) is 6.63. The Morgan fingerprint density at radius 3 is 2.90 bits per heavy atom. The lowest BCUT2D eigenvalue weighted by Gasteiger charge is -2.06. The summed E-state index contributed by atoms with van der Waals surface area (Å²) in [7, 11) is 3.34. The summed E-state index contributed by atoms with van der Waals surface area (Å²) in [5, 5.41) is 7.65. The van der Waals surface area contributed by atoms with E-state index in [1.165, 1.54) is 0 Å². The van der Waals surface area contributed by atoms with Crippen LogP contribution in [0.3, 0.4) is 0 Å². The Balaban J connectivity index is 1.91. The number of nitrogens with zero attached hydrogens (tertiary/aromatic N) is 3. The Bertz CT molecular complexity index is 574. The van der Waals surface area contributed by atoms with Gasteiger partial charge < -0.3 is 14.8 Å². The van der Waals surface area contributed by atoms with Crippen molar-refractivity contribution in [3.8, 4) is 5.75 Å². The van der Waals surface area contributed by atoms with Crippen molar-refractivity contribution in [2.45, 2.75) is 13.1 Å². The van der Waals surface area contributed by atoms with Gasteiger partial charge in [-0.2, -0.15) is 5.10 Å². The summed E-state index contributed by atoms with van der Waals surface area (Å²) in [6, 6.07) is 5.97. The summed E-state index contributed by atoms with van der Waals surface area (Å²) in [5.41, 5.74) is 1.13. The first-order valence-corrected chi connectivity index (χ1v) is 7.42. The predicted octanol–water partition coefficient (Wildman–Crippen LogP) is 1.83. The number of rotatable bonds is 8. The Morgan fingerprint density at radius 1 is 1.33 bits per heavy atom. The van der Waals surface area contributed by atoms with E-state index in [4.69, 9.17) is 9.47 Å². The molecule has 0 unspecified atom stereocenters. The molecule has 2 rings (SSSR count). The minimum Gasteiger partial charge on any atom is -0.496 e.